The van der Waals surface area contributed by atoms with Gasteiger partial charge in [-0.2, -0.15) is 0 Å². The molecule has 0 heterocycles. The molecule has 0 radical (unpaired) electrons. The predicted octanol–water partition coefficient (Wildman–Crippen LogP) is 9.00. The van der Waals surface area contributed by atoms with Crippen molar-refractivity contribution < 1.29 is 14.0 Å². The summed E-state index contributed by atoms with van der Waals surface area (Å²) in [6.07, 6.45) is 30.8. The second kappa shape index (κ2) is 24.3. The quantitative estimate of drug-likeness (QED) is 0.0550. The molecule has 0 saturated carbocycles. The molecular weight excluding hydrogens is 406 g/mol. The van der Waals surface area contributed by atoms with E-state index in [1.54, 1.807) is 0 Å². The van der Waals surface area contributed by atoms with E-state index in [0.717, 1.165) is 17.4 Å². The molecule has 3 heteroatoms. The normalized spacial score (nSPS) is 11.6. The molecule has 0 unspecified atom stereocenters. The van der Waals surface area contributed by atoms with Gasteiger partial charge in [0.25, 0.3) is 0 Å². The standard InChI is InChI=1S/C30H60NO2/c1-5-7-8-9-10-11-12-13-14-15-16-17-18-19-20-21-22-23-24-25-27-31(3,4)28-26-29-33-30(32)6-2/h6H,2,5,7-29H2,1,3-4H3/q+1. The van der Waals surface area contributed by atoms with E-state index in [0.29, 0.717) is 6.61 Å². The second-order valence-electron chi connectivity index (χ2n) is 10.8. The molecule has 0 amide bonds. The highest BCUT2D eigenvalue weighted by molar-refractivity contribution is 5.81. The minimum atomic E-state index is -0.311. The topological polar surface area (TPSA) is 26.3 Å². The Hall–Kier alpha value is -0.830. The summed E-state index contributed by atoms with van der Waals surface area (Å²) >= 11 is 0. The van der Waals surface area contributed by atoms with Crippen LogP contribution in [0.5, 0.6) is 0 Å². The van der Waals surface area contributed by atoms with Gasteiger partial charge in [-0.05, 0) is 12.8 Å². The average molecular weight is 467 g/mol. The van der Waals surface area contributed by atoms with Crippen LogP contribution >= 0.6 is 0 Å². The Morgan fingerprint density at radius 1 is 0.606 bits per heavy atom. The van der Waals surface area contributed by atoms with Crippen LogP contribution in [0.15, 0.2) is 12.7 Å². The number of hydrogen-bond donors (Lipinski definition) is 0. The van der Waals surface area contributed by atoms with Gasteiger partial charge in [-0.3, -0.25) is 0 Å². The molecule has 196 valence electrons. The fourth-order valence-corrected chi connectivity index (χ4v) is 4.63. The first-order chi connectivity index (χ1) is 16.0. The van der Waals surface area contributed by atoms with Gasteiger partial charge < -0.3 is 9.22 Å². The van der Waals surface area contributed by atoms with Gasteiger partial charge >= 0.3 is 5.97 Å². The summed E-state index contributed by atoms with van der Waals surface area (Å²) < 4.78 is 6.09. The molecule has 0 aliphatic carbocycles. The van der Waals surface area contributed by atoms with Crippen LogP contribution in [0.4, 0.5) is 0 Å². The lowest BCUT2D eigenvalue weighted by atomic mass is 10.0. The van der Waals surface area contributed by atoms with Crippen molar-refractivity contribution in [2.45, 2.75) is 142 Å². The zero-order valence-electron chi connectivity index (χ0n) is 23.0. The second-order valence-corrected chi connectivity index (χ2v) is 10.8. The molecule has 0 bridgehead atoms. The van der Waals surface area contributed by atoms with Crippen molar-refractivity contribution in [1.29, 1.82) is 0 Å². The van der Waals surface area contributed by atoms with Gasteiger partial charge in [0.15, 0.2) is 0 Å². The van der Waals surface area contributed by atoms with Crippen LogP contribution in [0.1, 0.15) is 142 Å². The summed E-state index contributed by atoms with van der Waals surface area (Å²) in [5.74, 6) is -0.311. The monoisotopic (exact) mass is 466 g/mol. The Balaban J connectivity index is 3.24. The number of quaternary nitrogens is 1. The van der Waals surface area contributed by atoms with Gasteiger partial charge in [0.2, 0.25) is 0 Å². The van der Waals surface area contributed by atoms with E-state index in [-0.39, 0.29) is 5.97 Å². The van der Waals surface area contributed by atoms with Crippen LogP contribution in [0.25, 0.3) is 0 Å². The van der Waals surface area contributed by atoms with Gasteiger partial charge in [0, 0.05) is 12.5 Å². The van der Waals surface area contributed by atoms with E-state index in [1.165, 1.54) is 141 Å². The van der Waals surface area contributed by atoms with E-state index < -0.39 is 0 Å². The summed E-state index contributed by atoms with van der Waals surface area (Å²) in [5.41, 5.74) is 0. The van der Waals surface area contributed by atoms with Gasteiger partial charge in [0.05, 0.1) is 33.8 Å². The molecule has 0 rings (SSSR count). The Labute approximate surface area is 208 Å². The molecule has 0 aromatic carbocycles. The third kappa shape index (κ3) is 25.6. The van der Waals surface area contributed by atoms with E-state index in [2.05, 4.69) is 27.6 Å². The lowest BCUT2D eigenvalue weighted by Crippen LogP contribution is -2.41. The molecule has 0 aromatic heterocycles. The number of ether oxygens (including phenoxy) is 1. The molecule has 0 N–H and O–H groups in total. The number of hydrogen-bond acceptors (Lipinski definition) is 2. The molecule has 33 heavy (non-hydrogen) atoms. The maximum atomic E-state index is 11.1. The maximum absolute atomic E-state index is 11.1. The Kier molecular flexibility index (Phi) is 23.7. The fourth-order valence-electron chi connectivity index (χ4n) is 4.63. The highest BCUT2D eigenvalue weighted by atomic mass is 16.5. The van der Waals surface area contributed by atoms with Crippen molar-refractivity contribution in [3.63, 3.8) is 0 Å². The number of esters is 1. The third-order valence-electron chi connectivity index (χ3n) is 6.94. The Morgan fingerprint density at radius 3 is 1.30 bits per heavy atom. The van der Waals surface area contributed by atoms with Crippen molar-refractivity contribution in [2.75, 3.05) is 33.8 Å². The molecule has 0 aliphatic rings. The number of unbranched alkanes of at least 4 members (excludes halogenated alkanes) is 19. The van der Waals surface area contributed by atoms with Crippen molar-refractivity contribution in [2.24, 2.45) is 0 Å². The Bertz CT molecular complexity index is 433. The lowest BCUT2D eigenvalue weighted by molar-refractivity contribution is -0.890. The maximum Gasteiger partial charge on any atom is 0.330 e. The average Bonchev–Trinajstić information content (AvgIpc) is 2.80. The first kappa shape index (κ1) is 32.2. The van der Waals surface area contributed by atoms with Crippen molar-refractivity contribution in [1.82, 2.24) is 0 Å². The van der Waals surface area contributed by atoms with Gasteiger partial charge in [-0.1, -0.05) is 129 Å². The third-order valence-corrected chi connectivity index (χ3v) is 6.94. The lowest BCUT2D eigenvalue weighted by Gasteiger charge is -2.29. The minimum absolute atomic E-state index is 0.311. The van der Waals surface area contributed by atoms with E-state index in [4.69, 9.17) is 4.74 Å². The molecule has 0 saturated heterocycles. The summed E-state index contributed by atoms with van der Waals surface area (Å²) in [7, 11) is 4.57. The van der Waals surface area contributed by atoms with Crippen molar-refractivity contribution >= 4 is 5.97 Å². The number of carbonyl (C=O) groups is 1. The molecule has 0 aliphatic heterocycles. The zero-order chi connectivity index (χ0) is 24.5. The smallest absolute Gasteiger partial charge is 0.330 e. The van der Waals surface area contributed by atoms with Gasteiger partial charge in [-0.15, -0.1) is 0 Å². The largest absolute Gasteiger partial charge is 0.462 e. The molecule has 3 nitrogen and oxygen atoms in total. The number of carbonyl (C=O) groups excluding carboxylic acids is 1. The summed E-state index contributed by atoms with van der Waals surface area (Å²) in [6, 6.07) is 0. The highest BCUT2D eigenvalue weighted by Crippen LogP contribution is 2.15. The fraction of sp³-hybridized carbons (Fsp3) is 0.900. The van der Waals surface area contributed by atoms with Gasteiger partial charge in [-0.25, -0.2) is 4.79 Å². The number of nitrogens with zero attached hydrogens (tertiary/aromatic N) is 1. The first-order valence-electron chi connectivity index (χ1n) is 14.6. The molecule has 0 atom stereocenters. The molecular formula is C30H60NO2+. The molecule has 0 spiro atoms. The van der Waals surface area contributed by atoms with E-state index >= 15 is 0 Å². The van der Waals surface area contributed by atoms with Crippen molar-refractivity contribution in [3.8, 4) is 0 Å². The Morgan fingerprint density at radius 2 is 0.939 bits per heavy atom. The van der Waals surface area contributed by atoms with Crippen LogP contribution in [0.2, 0.25) is 0 Å². The van der Waals surface area contributed by atoms with Crippen LogP contribution in [0.3, 0.4) is 0 Å². The summed E-state index contributed by atoms with van der Waals surface area (Å²) in [4.78, 5) is 11.1. The molecule has 0 fully saturated rings. The van der Waals surface area contributed by atoms with Gasteiger partial charge in [0.1, 0.15) is 0 Å². The first-order valence-corrected chi connectivity index (χ1v) is 14.6. The van der Waals surface area contributed by atoms with E-state index in [1.807, 2.05) is 0 Å². The van der Waals surface area contributed by atoms with Crippen LogP contribution in [-0.2, 0) is 9.53 Å². The molecule has 0 aromatic rings. The summed E-state index contributed by atoms with van der Waals surface area (Å²) in [6.45, 7) is 8.50. The SMILES string of the molecule is C=CC(=O)OCCC[N+](C)(C)CCCCCCCCCCCCCCCCCCCCCC. The highest BCUT2D eigenvalue weighted by Gasteiger charge is 2.14. The van der Waals surface area contributed by atoms with Crippen LogP contribution in [-0.4, -0.2) is 44.2 Å². The minimum Gasteiger partial charge on any atom is -0.462 e. The van der Waals surface area contributed by atoms with Crippen LogP contribution in [0, 0.1) is 0 Å². The summed E-state index contributed by atoms with van der Waals surface area (Å²) in [5, 5.41) is 0. The number of rotatable bonds is 26. The zero-order valence-corrected chi connectivity index (χ0v) is 23.0. The van der Waals surface area contributed by atoms with Crippen LogP contribution < -0.4 is 0 Å². The van der Waals surface area contributed by atoms with E-state index in [9.17, 15) is 4.79 Å². The van der Waals surface area contributed by atoms with Crippen molar-refractivity contribution in [3.05, 3.63) is 12.7 Å². The predicted molar refractivity (Wildman–Crippen MR) is 146 cm³/mol.